The van der Waals surface area contributed by atoms with Crippen molar-refractivity contribution in [2.24, 2.45) is 0 Å². The van der Waals surface area contributed by atoms with E-state index in [1.807, 2.05) is 37.5 Å². The molecule has 0 saturated carbocycles. The summed E-state index contributed by atoms with van der Waals surface area (Å²) < 4.78 is 0. The number of hydrogen-bond donors (Lipinski definition) is 3. The van der Waals surface area contributed by atoms with E-state index in [-0.39, 0.29) is 0 Å². The molecule has 0 atom stereocenters. The SMILES string of the molecule is CNc1nc(-c2cc(NCc3ccncc3)nc3[nH]ccc23)nc2c1CCC2. The lowest BCUT2D eigenvalue weighted by Crippen LogP contribution is -2.05. The van der Waals surface area contributed by atoms with Crippen LogP contribution in [0, 0.1) is 0 Å². The number of H-pyrrole nitrogens is 1. The molecule has 7 nitrogen and oxygen atoms in total. The maximum atomic E-state index is 4.89. The molecule has 0 fully saturated rings. The Balaban J connectivity index is 1.56. The largest absolute Gasteiger partial charge is 0.373 e. The number of pyridine rings is 2. The fourth-order valence-corrected chi connectivity index (χ4v) is 3.77. The van der Waals surface area contributed by atoms with Gasteiger partial charge < -0.3 is 15.6 Å². The summed E-state index contributed by atoms with van der Waals surface area (Å²) in [5.41, 5.74) is 5.36. The van der Waals surface area contributed by atoms with Crippen molar-refractivity contribution in [3.8, 4) is 11.4 Å². The first-order valence-corrected chi connectivity index (χ1v) is 9.50. The van der Waals surface area contributed by atoms with E-state index in [0.717, 1.165) is 64.6 Å². The van der Waals surface area contributed by atoms with Crippen LogP contribution in [0.25, 0.3) is 22.4 Å². The van der Waals surface area contributed by atoms with E-state index in [1.54, 1.807) is 12.4 Å². The molecule has 0 radical (unpaired) electrons. The van der Waals surface area contributed by atoms with Gasteiger partial charge in [0.05, 0.1) is 0 Å². The van der Waals surface area contributed by atoms with Crippen LogP contribution in [-0.2, 0) is 19.4 Å². The first-order valence-electron chi connectivity index (χ1n) is 9.50. The highest BCUT2D eigenvalue weighted by molar-refractivity contribution is 5.93. The zero-order valence-corrected chi connectivity index (χ0v) is 15.7. The first kappa shape index (κ1) is 16.7. The van der Waals surface area contributed by atoms with Gasteiger partial charge in [-0.05, 0) is 49.1 Å². The van der Waals surface area contributed by atoms with Crippen LogP contribution in [0.5, 0.6) is 0 Å². The minimum absolute atomic E-state index is 0.675. The van der Waals surface area contributed by atoms with Crippen LogP contribution < -0.4 is 10.6 Å². The summed E-state index contributed by atoms with van der Waals surface area (Å²) in [7, 11) is 1.92. The summed E-state index contributed by atoms with van der Waals surface area (Å²) in [6.45, 7) is 0.675. The van der Waals surface area contributed by atoms with Crippen molar-refractivity contribution in [1.82, 2.24) is 24.9 Å². The number of aryl methyl sites for hydroxylation is 1. The fourth-order valence-electron chi connectivity index (χ4n) is 3.77. The smallest absolute Gasteiger partial charge is 0.162 e. The molecular formula is C21H21N7. The Morgan fingerprint density at radius 3 is 2.82 bits per heavy atom. The summed E-state index contributed by atoms with van der Waals surface area (Å²) in [5.74, 6) is 2.46. The van der Waals surface area contributed by atoms with E-state index in [2.05, 4.69) is 20.6 Å². The van der Waals surface area contributed by atoms with Crippen molar-refractivity contribution in [3.05, 3.63) is 59.7 Å². The summed E-state index contributed by atoms with van der Waals surface area (Å²) in [4.78, 5) is 21.7. The number of hydrogen-bond acceptors (Lipinski definition) is 6. The van der Waals surface area contributed by atoms with Gasteiger partial charge in [0.25, 0.3) is 0 Å². The minimum Gasteiger partial charge on any atom is -0.373 e. The van der Waals surface area contributed by atoms with Crippen LogP contribution in [0.1, 0.15) is 23.2 Å². The van der Waals surface area contributed by atoms with Gasteiger partial charge in [-0.3, -0.25) is 4.98 Å². The molecule has 5 rings (SSSR count). The number of anilines is 2. The second-order valence-corrected chi connectivity index (χ2v) is 6.93. The Kier molecular flexibility index (Phi) is 4.12. The van der Waals surface area contributed by atoms with Gasteiger partial charge in [-0.1, -0.05) is 0 Å². The molecule has 28 heavy (non-hydrogen) atoms. The molecule has 1 aliphatic rings. The Bertz CT molecular complexity index is 1130. The molecule has 140 valence electrons. The third-order valence-electron chi connectivity index (χ3n) is 5.16. The second-order valence-electron chi connectivity index (χ2n) is 6.93. The molecule has 4 aromatic heterocycles. The number of rotatable bonds is 5. The Morgan fingerprint density at radius 1 is 1.07 bits per heavy atom. The molecule has 0 amide bonds. The van der Waals surface area contributed by atoms with Crippen LogP contribution in [0.2, 0.25) is 0 Å². The lowest BCUT2D eigenvalue weighted by atomic mass is 10.1. The third-order valence-corrected chi connectivity index (χ3v) is 5.16. The van der Waals surface area contributed by atoms with Crippen molar-refractivity contribution in [3.63, 3.8) is 0 Å². The predicted molar refractivity (Wildman–Crippen MR) is 110 cm³/mol. The Hall–Kier alpha value is -3.48. The fraction of sp³-hybridized carbons (Fsp3) is 0.238. The normalized spacial score (nSPS) is 12.9. The van der Waals surface area contributed by atoms with Crippen molar-refractivity contribution in [1.29, 1.82) is 0 Å². The summed E-state index contributed by atoms with van der Waals surface area (Å²) in [6.07, 6.45) is 8.68. The van der Waals surface area contributed by atoms with E-state index < -0.39 is 0 Å². The maximum Gasteiger partial charge on any atom is 0.162 e. The van der Waals surface area contributed by atoms with Crippen LogP contribution in [0.15, 0.2) is 42.9 Å². The minimum atomic E-state index is 0.675. The molecule has 3 N–H and O–H groups in total. The average molecular weight is 371 g/mol. The van der Waals surface area contributed by atoms with E-state index in [0.29, 0.717) is 6.54 Å². The van der Waals surface area contributed by atoms with Gasteiger partial charge in [0.2, 0.25) is 0 Å². The first-order chi connectivity index (χ1) is 13.8. The highest BCUT2D eigenvalue weighted by Gasteiger charge is 2.20. The quantitative estimate of drug-likeness (QED) is 0.497. The van der Waals surface area contributed by atoms with Gasteiger partial charge in [0, 0.05) is 54.4 Å². The van der Waals surface area contributed by atoms with Gasteiger partial charge in [-0.2, -0.15) is 0 Å². The molecule has 0 aromatic carbocycles. The molecule has 0 bridgehead atoms. The van der Waals surface area contributed by atoms with Gasteiger partial charge >= 0.3 is 0 Å². The van der Waals surface area contributed by atoms with Crippen LogP contribution in [0.3, 0.4) is 0 Å². The van der Waals surface area contributed by atoms with Crippen molar-refractivity contribution in [2.75, 3.05) is 17.7 Å². The molecule has 0 aliphatic heterocycles. The highest BCUT2D eigenvalue weighted by atomic mass is 15.0. The number of nitrogens with one attached hydrogen (secondary N) is 3. The van der Waals surface area contributed by atoms with Gasteiger partial charge in [0.15, 0.2) is 5.82 Å². The van der Waals surface area contributed by atoms with Crippen LogP contribution >= 0.6 is 0 Å². The highest BCUT2D eigenvalue weighted by Crippen LogP contribution is 2.32. The molecule has 4 aromatic rings. The van der Waals surface area contributed by atoms with Crippen molar-refractivity contribution in [2.45, 2.75) is 25.8 Å². The second kappa shape index (κ2) is 6.92. The molecule has 4 heterocycles. The van der Waals surface area contributed by atoms with Crippen LogP contribution in [0.4, 0.5) is 11.6 Å². The number of aromatic nitrogens is 5. The molecule has 0 saturated heterocycles. The lowest BCUT2D eigenvalue weighted by Gasteiger charge is -2.12. The zero-order valence-electron chi connectivity index (χ0n) is 15.7. The zero-order chi connectivity index (χ0) is 18.9. The predicted octanol–water partition coefficient (Wildman–Crippen LogP) is 3.56. The molecule has 0 unspecified atom stereocenters. The maximum absolute atomic E-state index is 4.89. The lowest BCUT2D eigenvalue weighted by molar-refractivity contribution is 0.900. The number of aromatic amines is 1. The summed E-state index contributed by atoms with van der Waals surface area (Å²) in [5, 5.41) is 7.67. The number of nitrogens with zero attached hydrogens (tertiary/aromatic N) is 4. The molecule has 0 spiro atoms. The van der Waals surface area contributed by atoms with E-state index >= 15 is 0 Å². The Labute approximate surface area is 162 Å². The average Bonchev–Trinajstić information content (AvgIpc) is 3.40. The van der Waals surface area contributed by atoms with Gasteiger partial charge in [0.1, 0.15) is 17.3 Å². The summed E-state index contributed by atoms with van der Waals surface area (Å²) >= 11 is 0. The van der Waals surface area contributed by atoms with E-state index in [9.17, 15) is 0 Å². The van der Waals surface area contributed by atoms with Gasteiger partial charge in [-0.15, -0.1) is 0 Å². The van der Waals surface area contributed by atoms with Crippen molar-refractivity contribution < 1.29 is 0 Å². The monoisotopic (exact) mass is 371 g/mol. The van der Waals surface area contributed by atoms with E-state index in [1.165, 1.54) is 5.56 Å². The van der Waals surface area contributed by atoms with Crippen LogP contribution in [-0.4, -0.2) is 32.0 Å². The third kappa shape index (κ3) is 2.94. The Morgan fingerprint density at radius 2 is 1.96 bits per heavy atom. The molecule has 7 heteroatoms. The topological polar surface area (TPSA) is 91.4 Å². The van der Waals surface area contributed by atoms with Crippen molar-refractivity contribution >= 4 is 22.7 Å². The molecular weight excluding hydrogens is 350 g/mol. The number of fused-ring (bicyclic) bond motifs is 2. The summed E-state index contributed by atoms with van der Waals surface area (Å²) in [6, 6.07) is 8.04. The standard InChI is InChI=1S/C21H21N7/c1-22-19-15-3-2-4-17(15)26-21(28-19)16-11-18(27-20-14(16)7-10-24-20)25-12-13-5-8-23-9-6-13/h5-11H,2-4,12H2,1H3,(H,22,26,28)(H2,24,25,27). The van der Waals surface area contributed by atoms with E-state index in [4.69, 9.17) is 15.0 Å². The van der Waals surface area contributed by atoms with Gasteiger partial charge in [-0.25, -0.2) is 15.0 Å². The molecule has 1 aliphatic carbocycles.